The molecule has 2 rings (SSSR count). The van der Waals surface area contributed by atoms with Crippen LogP contribution in [0.5, 0.6) is 0 Å². The van der Waals surface area contributed by atoms with Crippen LogP contribution in [0.25, 0.3) is 0 Å². The van der Waals surface area contributed by atoms with Crippen molar-refractivity contribution in [2.45, 2.75) is 39.0 Å². The van der Waals surface area contributed by atoms with Gasteiger partial charge in [-0.25, -0.2) is 0 Å². The van der Waals surface area contributed by atoms with Crippen LogP contribution in [-0.4, -0.2) is 0 Å². The van der Waals surface area contributed by atoms with Crippen molar-refractivity contribution in [2.24, 2.45) is 5.92 Å². The molecule has 0 unspecified atom stereocenters. The van der Waals surface area contributed by atoms with Crippen molar-refractivity contribution in [3.63, 3.8) is 0 Å². The Kier molecular flexibility index (Phi) is 2.68. The minimum Gasteiger partial charge on any atom is -0.0654 e. The third kappa shape index (κ3) is 1.93. The Labute approximate surface area is 81.0 Å². The van der Waals surface area contributed by atoms with Gasteiger partial charge < -0.3 is 0 Å². The minimum absolute atomic E-state index is 0.942. The summed E-state index contributed by atoms with van der Waals surface area (Å²) >= 11 is 0. The van der Waals surface area contributed by atoms with Gasteiger partial charge in [-0.2, -0.15) is 0 Å². The molecule has 0 amide bonds. The number of hydrogen-bond donors (Lipinski definition) is 0. The Morgan fingerprint density at radius 3 is 2.31 bits per heavy atom. The third-order valence-electron chi connectivity index (χ3n) is 3.10. The first-order chi connectivity index (χ1) is 6.40. The lowest BCUT2D eigenvalue weighted by atomic mass is 9.99. The molecule has 1 aromatic carbocycles. The molecule has 1 aliphatic rings. The molecular formula is C13H18. The van der Waals surface area contributed by atoms with E-state index in [4.69, 9.17) is 0 Å². The van der Waals surface area contributed by atoms with Gasteiger partial charge in [-0.1, -0.05) is 44.0 Å². The van der Waals surface area contributed by atoms with Gasteiger partial charge >= 0.3 is 0 Å². The number of hydrogen-bond acceptors (Lipinski definition) is 0. The van der Waals surface area contributed by atoms with Gasteiger partial charge in [-0.05, 0) is 36.3 Å². The number of rotatable bonds is 3. The molecule has 0 saturated carbocycles. The lowest BCUT2D eigenvalue weighted by Crippen LogP contribution is -1.98. The maximum absolute atomic E-state index is 2.29. The van der Waals surface area contributed by atoms with Gasteiger partial charge in [0, 0.05) is 0 Å². The van der Waals surface area contributed by atoms with Crippen LogP contribution in [0.4, 0.5) is 0 Å². The molecule has 1 aliphatic carbocycles. The van der Waals surface area contributed by atoms with E-state index in [9.17, 15) is 0 Å². The molecule has 0 aromatic heterocycles. The molecule has 0 spiro atoms. The highest BCUT2D eigenvalue weighted by Crippen LogP contribution is 2.29. The second-order valence-electron chi connectivity index (χ2n) is 4.19. The van der Waals surface area contributed by atoms with E-state index in [0.29, 0.717) is 0 Å². The molecule has 0 atom stereocenters. The summed E-state index contributed by atoms with van der Waals surface area (Å²) in [6.07, 6.45) is 6.82. The Balaban J connectivity index is 1.97. The highest BCUT2D eigenvalue weighted by molar-refractivity contribution is 5.31. The van der Waals surface area contributed by atoms with Crippen LogP contribution in [0.2, 0.25) is 0 Å². The maximum Gasteiger partial charge on any atom is -0.0244 e. The summed E-state index contributed by atoms with van der Waals surface area (Å²) in [5, 5.41) is 0. The zero-order valence-electron chi connectivity index (χ0n) is 8.42. The van der Waals surface area contributed by atoms with Crippen LogP contribution in [0.1, 0.15) is 37.3 Å². The Hall–Kier alpha value is -0.780. The van der Waals surface area contributed by atoms with E-state index >= 15 is 0 Å². The average Bonchev–Trinajstić information content (AvgIpc) is 2.57. The largest absolute Gasteiger partial charge is 0.0654 e. The highest BCUT2D eigenvalue weighted by atomic mass is 14.2. The summed E-state index contributed by atoms with van der Waals surface area (Å²) in [6, 6.07) is 8.92. The van der Waals surface area contributed by atoms with E-state index < -0.39 is 0 Å². The average molecular weight is 174 g/mol. The molecule has 13 heavy (non-hydrogen) atoms. The van der Waals surface area contributed by atoms with Crippen LogP contribution in [0, 0.1) is 5.92 Å². The van der Waals surface area contributed by atoms with Gasteiger partial charge in [0.15, 0.2) is 0 Å². The zero-order valence-corrected chi connectivity index (χ0v) is 8.42. The van der Waals surface area contributed by atoms with Crippen molar-refractivity contribution in [3.8, 4) is 0 Å². The number of fused-ring (bicyclic) bond motifs is 1. The van der Waals surface area contributed by atoms with Crippen molar-refractivity contribution >= 4 is 0 Å². The van der Waals surface area contributed by atoms with Gasteiger partial charge in [-0.3, -0.25) is 0 Å². The first-order valence-corrected chi connectivity index (χ1v) is 5.47. The predicted octanol–water partition coefficient (Wildman–Crippen LogP) is 3.59. The van der Waals surface area contributed by atoms with E-state index in [1.165, 1.54) is 32.1 Å². The molecule has 0 nitrogen and oxygen atoms in total. The maximum atomic E-state index is 2.29. The first-order valence-electron chi connectivity index (χ1n) is 5.47. The van der Waals surface area contributed by atoms with Crippen molar-refractivity contribution in [1.82, 2.24) is 0 Å². The molecule has 0 bridgehead atoms. The van der Waals surface area contributed by atoms with E-state index in [1.54, 1.807) is 11.1 Å². The molecule has 0 aliphatic heterocycles. The topological polar surface area (TPSA) is 0 Å². The molecule has 0 heterocycles. The SMILES string of the molecule is CCCCC1Cc2ccccc2C1. The van der Waals surface area contributed by atoms with Gasteiger partial charge in [0.1, 0.15) is 0 Å². The molecule has 1 aromatic rings. The molecular weight excluding hydrogens is 156 g/mol. The minimum atomic E-state index is 0.942. The van der Waals surface area contributed by atoms with Crippen molar-refractivity contribution < 1.29 is 0 Å². The molecule has 0 heteroatoms. The molecule has 0 fully saturated rings. The van der Waals surface area contributed by atoms with Crippen LogP contribution in [-0.2, 0) is 12.8 Å². The van der Waals surface area contributed by atoms with Gasteiger partial charge in [0.25, 0.3) is 0 Å². The second-order valence-corrected chi connectivity index (χ2v) is 4.19. The number of benzene rings is 1. The zero-order chi connectivity index (χ0) is 9.10. The number of unbranched alkanes of at least 4 members (excludes halogenated alkanes) is 1. The van der Waals surface area contributed by atoms with E-state index in [0.717, 1.165) is 5.92 Å². The standard InChI is InChI=1S/C13H18/c1-2-3-6-11-9-12-7-4-5-8-13(12)10-11/h4-5,7-8,11H,2-3,6,9-10H2,1H3. The normalized spacial score (nSPS) is 16.1. The molecule has 70 valence electrons. The van der Waals surface area contributed by atoms with Crippen LogP contribution < -0.4 is 0 Å². The third-order valence-corrected chi connectivity index (χ3v) is 3.10. The quantitative estimate of drug-likeness (QED) is 0.657. The summed E-state index contributed by atoms with van der Waals surface area (Å²) in [4.78, 5) is 0. The van der Waals surface area contributed by atoms with Crippen LogP contribution in [0.15, 0.2) is 24.3 Å². The van der Waals surface area contributed by atoms with E-state index in [2.05, 4.69) is 31.2 Å². The summed E-state index contributed by atoms with van der Waals surface area (Å²) in [5.41, 5.74) is 3.20. The lowest BCUT2D eigenvalue weighted by molar-refractivity contribution is 0.489. The lowest BCUT2D eigenvalue weighted by Gasteiger charge is -2.06. The summed E-state index contributed by atoms with van der Waals surface area (Å²) in [6.45, 7) is 2.28. The Morgan fingerprint density at radius 1 is 1.15 bits per heavy atom. The van der Waals surface area contributed by atoms with Gasteiger partial charge in [-0.15, -0.1) is 0 Å². The molecule has 0 radical (unpaired) electrons. The fourth-order valence-electron chi connectivity index (χ4n) is 2.35. The Morgan fingerprint density at radius 2 is 1.77 bits per heavy atom. The first kappa shape index (κ1) is 8.80. The van der Waals surface area contributed by atoms with Crippen LogP contribution in [0.3, 0.4) is 0 Å². The monoisotopic (exact) mass is 174 g/mol. The van der Waals surface area contributed by atoms with E-state index in [-0.39, 0.29) is 0 Å². The Bertz CT molecular complexity index is 250. The molecule has 0 saturated heterocycles. The molecule has 0 N–H and O–H groups in total. The predicted molar refractivity (Wildman–Crippen MR) is 56.9 cm³/mol. The summed E-state index contributed by atoms with van der Waals surface area (Å²) in [5.74, 6) is 0.942. The van der Waals surface area contributed by atoms with Gasteiger partial charge in [0.05, 0.1) is 0 Å². The summed E-state index contributed by atoms with van der Waals surface area (Å²) < 4.78 is 0. The second kappa shape index (κ2) is 3.95. The van der Waals surface area contributed by atoms with Crippen LogP contribution >= 0.6 is 0 Å². The smallest absolute Gasteiger partial charge is 0.0244 e. The highest BCUT2D eigenvalue weighted by Gasteiger charge is 2.19. The fourth-order valence-corrected chi connectivity index (χ4v) is 2.35. The van der Waals surface area contributed by atoms with Crippen molar-refractivity contribution in [1.29, 1.82) is 0 Å². The fraction of sp³-hybridized carbons (Fsp3) is 0.538. The van der Waals surface area contributed by atoms with Gasteiger partial charge in [0.2, 0.25) is 0 Å². The van der Waals surface area contributed by atoms with E-state index in [1.807, 2.05) is 0 Å². The van der Waals surface area contributed by atoms with Crippen molar-refractivity contribution in [2.75, 3.05) is 0 Å². The summed E-state index contributed by atoms with van der Waals surface area (Å²) in [7, 11) is 0. The van der Waals surface area contributed by atoms with Crippen molar-refractivity contribution in [3.05, 3.63) is 35.4 Å².